The molecule has 7 heteroatoms. The minimum absolute atomic E-state index is 0.0299. The fourth-order valence-corrected chi connectivity index (χ4v) is 5.10. The first-order valence-electron chi connectivity index (χ1n) is 9.40. The number of rotatable bonds is 7. The monoisotopic (exact) mass is 390 g/mol. The number of amides is 1. The number of nitrogens with zero attached hydrogens (tertiary/aromatic N) is 1. The molecule has 1 aromatic heterocycles. The summed E-state index contributed by atoms with van der Waals surface area (Å²) in [5, 5.41) is 2.97. The molecule has 6 nitrogen and oxygen atoms in total. The second kappa shape index (κ2) is 8.27. The van der Waals surface area contributed by atoms with E-state index in [9.17, 15) is 13.2 Å². The maximum Gasteiger partial charge on any atom is 0.287 e. The van der Waals surface area contributed by atoms with Crippen molar-refractivity contribution in [1.29, 1.82) is 0 Å². The van der Waals surface area contributed by atoms with E-state index in [-0.39, 0.29) is 22.5 Å². The summed E-state index contributed by atoms with van der Waals surface area (Å²) < 4.78 is 32.5. The van der Waals surface area contributed by atoms with Crippen LogP contribution >= 0.6 is 0 Å². The first-order chi connectivity index (χ1) is 12.9. The van der Waals surface area contributed by atoms with Gasteiger partial charge in [0.1, 0.15) is 10.7 Å². The summed E-state index contributed by atoms with van der Waals surface area (Å²) in [7, 11) is -3.61. The zero-order chi connectivity index (χ0) is 19.4. The van der Waals surface area contributed by atoms with E-state index in [1.54, 1.807) is 6.92 Å². The highest BCUT2D eigenvalue weighted by Crippen LogP contribution is 2.27. The Kier molecular flexibility index (Phi) is 6.01. The lowest BCUT2D eigenvalue weighted by molar-refractivity contribution is 0.0905. The molecule has 1 amide bonds. The molecule has 0 saturated carbocycles. The molecule has 0 spiro atoms. The van der Waals surface area contributed by atoms with E-state index >= 15 is 0 Å². The standard InChI is InChI=1S/C20H26N2O4S/c1-3-9-17(16-10-5-4-6-11-16)21-20(23)18-14-19(15(2)26-18)27(24,25)22-12-7-8-13-22/h4-6,10-11,14,17H,3,7-9,12-13H2,1-2H3,(H,21,23)/t17-/m1/s1. The number of hydrogen-bond acceptors (Lipinski definition) is 4. The van der Waals surface area contributed by atoms with Gasteiger partial charge in [0.05, 0.1) is 6.04 Å². The minimum atomic E-state index is -3.61. The van der Waals surface area contributed by atoms with Crippen molar-refractivity contribution in [1.82, 2.24) is 9.62 Å². The summed E-state index contributed by atoms with van der Waals surface area (Å²) in [4.78, 5) is 12.8. The van der Waals surface area contributed by atoms with Crippen molar-refractivity contribution >= 4 is 15.9 Å². The van der Waals surface area contributed by atoms with Crippen LogP contribution in [-0.2, 0) is 10.0 Å². The van der Waals surface area contributed by atoms with Crippen LogP contribution in [-0.4, -0.2) is 31.7 Å². The minimum Gasteiger partial charge on any atom is -0.455 e. The number of benzene rings is 1. The summed E-state index contributed by atoms with van der Waals surface area (Å²) in [5.74, 6) is -0.121. The molecular formula is C20H26N2O4S. The second-order valence-corrected chi connectivity index (χ2v) is 8.77. The predicted molar refractivity (Wildman–Crippen MR) is 103 cm³/mol. The quantitative estimate of drug-likeness (QED) is 0.783. The van der Waals surface area contributed by atoms with Crippen molar-refractivity contribution in [3.05, 3.63) is 53.5 Å². The number of carbonyl (C=O) groups is 1. The summed E-state index contributed by atoms with van der Waals surface area (Å²) >= 11 is 0. The zero-order valence-electron chi connectivity index (χ0n) is 15.8. The molecule has 0 radical (unpaired) electrons. The maximum atomic E-state index is 12.8. The van der Waals surface area contributed by atoms with Gasteiger partial charge >= 0.3 is 0 Å². The van der Waals surface area contributed by atoms with Crippen LogP contribution in [0, 0.1) is 6.92 Å². The fraction of sp³-hybridized carbons (Fsp3) is 0.450. The number of hydrogen-bond donors (Lipinski definition) is 1. The van der Waals surface area contributed by atoms with Crippen LogP contribution in [0.4, 0.5) is 0 Å². The molecular weight excluding hydrogens is 364 g/mol. The SMILES string of the molecule is CCC[C@@H](NC(=O)c1cc(S(=O)(=O)N2CCCC2)c(C)o1)c1ccccc1. The van der Waals surface area contributed by atoms with Gasteiger partial charge in [-0.25, -0.2) is 8.42 Å². The number of furan rings is 1. The molecule has 1 aromatic carbocycles. The number of sulfonamides is 1. The van der Waals surface area contributed by atoms with Gasteiger partial charge in [-0.05, 0) is 31.7 Å². The Morgan fingerprint density at radius 1 is 1.22 bits per heavy atom. The highest BCUT2D eigenvalue weighted by atomic mass is 32.2. The molecule has 1 aliphatic rings. The zero-order valence-corrected chi connectivity index (χ0v) is 16.6. The van der Waals surface area contributed by atoms with E-state index in [0.29, 0.717) is 13.1 Å². The van der Waals surface area contributed by atoms with Crippen LogP contribution in [0.25, 0.3) is 0 Å². The number of aryl methyl sites for hydroxylation is 1. The average Bonchev–Trinajstić information content (AvgIpc) is 3.32. The second-order valence-electron chi connectivity index (χ2n) is 6.87. The van der Waals surface area contributed by atoms with Gasteiger partial charge in [0.15, 0.2) is 5.76 Å². The van der Waals surface area contributed by atoms with Crippen LogP contribution in [0.15, 0.2) is 45.7 Å². The Hall–Kier alpha value is -2.12. The Bertz CT molecular complexity index is 884. The van der Waals surface area contributed by atoms with E-state index < -0.39 is 15.9 Å². The Morgan fingerprint density at radius 2 is 1.89 bits per heavy atom. The average molecular weight is 391 g/mol. The van der Waals surface area contributed by atoms with E-state index in [1.165, 1.54) is 10.4 Å². The third-order valence-electron chi connectivity index (χ3n) is 4.86. The van der Waals surface area contributed by atoms with E-state index in [0.717, 1.165) is 31.2 Å². The van der Waals surface area contributed by atoms with Crippen LogP contribution in [0.3, 0.4) is 0 Å². The lowest BCUT2D eigenvalue weighted by atomic mass is 10.0. The lowest BCUT2D eigenvalue weighted by Gasteiger charge is -2.17. The molecule has 2 aromatic rings. The molecule has 1 fully saturated rings. The van der Waals surface area contributed by atoms with Gasteiger partial charge in [0.2, 0.25) is 10.0 Å². The molecule has 2 heterocycles. The normalized spacial score (nSPS) is 16.4. The Morgan fingerprint density at radius 3 is 2.52 bits per heavy atom. The molecule has 3 rings (SSSR count). The van der Waals surface area contributed by atoms with E-state index in [4.69, 9.17) is 4.42 Å². The van der Waals surface area contributed by atoms with Crippen molar-refractivity contribution in [2.24, 2.45) is 0 Å². The smallest absolute Gasteiger partial charge is 0.287 e. The van der Waals surface area contributed by atoms with Gasteiger partial charge in [-0.15, -0.1) is 0 Å². The van der Waals surface area contributed by atoms with Crippen LogP contribution in [0.1, 0.15) is 60.5 Å². The van der Waals surface area contributed by atoms with Gasteiger partial charge in [-0.2, -0.15) is 4.31 Å². The molecule has 0 aliphatic carbocycles. The summed E-state index contributed by atoms with van der Waals surface area (Å²) in [5.41, 5.74) is 1.01. The summed E-state index contributed by atoms with van der Waals surface area (Å²) in [6, 6.07) is 10.9. The van der Waals surface area contributed by atoms with Gasteiger partial charge in [-0.1, -0.05) is 43.7 Å². The Labute approximate surface area is 160 Å². The Balaban J connectivity index is 1.81. The molecule has 27 heavy (non-hydrogen) atoms. The molecule has 146 valence electrons. The van der Waals surface area contributed by atoms with Crippen molar-refractivity contribution in [3.63, 3.8) is 0 Å². The molecule has 1 atom stereocenters. The number of carbonyl (C=O) groups excluding carboxylic acids is 1. The van der Waals surface area contributed by atoms with Crippen LogP contribution in [0.2, 0.25) is 0 Å². The molecule has 1 aliphatic heterocycles. The predicted octanol–water partition coefficient (Wildman–Crippen LogP) is 3.64. The van der Waals surface area contributed by atoms with Gasteiger partial charge < -0.3 is 9.73 Å². The lowest BCUT2D eigenvalue weighted by Crippen LogP contribution is -2.29. The van der Waals surface area contributed by atoms with E-state index in [2.05, 4.69) is 12.2 Å². The van der Waals surface area contributed by atoms with Crippen molar-refractivity contribution < 1.29 is 17.6 Å². The molecule has 0 unspecified atom stereocenters. The van der Waals surface area contributed by atoms with Gasteiger partial charge in [-0.3, -0.25) is 4.79 Å². The highest BCUT2D eigenvalue weighted by molar-refractivity contribution is 7.89. The molecule has 0 bridgehead atoms. The maximum absolute atomic E-state index is 12.8. The number of nitrogens with one attached hydrogen (secondary N) is 1. The molecule has 1 saturated heterocycles. The fourth-order valence-electron chi connectivity index (χ4n) is 3.43. The van der Waals surface area contributed by atoms with Crippen molar-refractivity contribution in [2.75, 3.05) is 13.1 Å². The van der Waals surface area contributed by atoms with Crippen LogP contribution in [0.5, 0.6) is 0 Å². The third-order valence-corrected chi connectivity index (χ3v) is 6.87. The largest absolute Gasteiger partial charge is 0.455 e. The van der Waals surface area contributed by atoms with Crippen molar-refractivity contribution in [2.45, 2.75) is 50.5 Å². The van der Waals surface area contributed by atoms with Gasteiger partial charge in [0, 0.05) is 19.2 Å². The van der Waals surface area contributed by atoms with Crippen LogP contribution < -0.4 is 5.32 Å². The molecule has 1 N–H and O–H groups in total. The van der Waals surface area contributed by atoms with Gasteiger partial charge in [0.25, 0.3) is 5.91 Å². The van der Waals surface area contributed by atoms with Crippen molar-refractivity contribution in [3.8, 4) is 0 Å². The summed E-state index contributed by atoms with van der Waals surface area (Å²) in [6.07, 6.45) is 3.42. The third kappa shape index (κ3) is 4.25. The first-order valence-corrected chi connectivity index (χ1v) is 10.8. The topological polar surface area (TPSA) is 79.6 Å². The summed E-state index contributed by atoms with van der Waals surface area (Å²) in [6.45, 7) is 4.67. The van der Waals surface area contributed by atoms with E-state index in [1.807, 2.05) is 30.3 Å². The highest BCUT2D eigenvalue weighted by Gasteiger charge is 2.32. The first kappa shape index (κ1) is 19.6.